The Morgan fingerprint density at radius 1 is 1.06 bits per heavy atom. The van der Waals surface area contributed by atoms with Crippen LogP contribution in [0.4, 0.5) is 4.39 Å². The minimum Gasteiger partial charge on any atom is -0.341 e. The van der Waals surface area contributed by atoms with Crippen LogP contribution in [0.2, 0.25) is 0 Å². The number of halogens is 1. The van der Waals surface area contributed by atoms with Crippen molar-refractivity contribution < 1.29 is 14.0 Å². The van der Waals surface area contributed by atoms with E-state index in [0.29, 0.717) is 29.2 Å². The number of likely N-dealkylation sites (tertiary alicyclic amines) is 1. The van der Waals surface area contributed by atoms with Gasteiger partial charge in [0.15, 0.2) is 0 Å². The first-order chi connectivity index (χ1) is 15.1. The van der Waals surface area contributed by atoms with E-state index in [4.69, 9.17) is 0 Å². The minimum atomic E-state index is -0.537. The van der Waals surface area contributed by atoms with E-state index in [9.17, 15) is 14.0 Å². The summed E-state index contributed by atoms with van der Waals surface area (Å²) in [5.74, 6) is 1.22. The quantitative estimate of drug-likeness (QED) is 0.463. The Bertz CT molecular complexity index is 887. The molecule has 2 fully saturated rings. The highest BCUT2D eigenvalue weighted by atomic mass is 32.2. The number of thioether (sulfide) groups is 1. The topological polar surface area (TPSA) is 61.4 Å². The molecule has 0 spiro atoms. The maximum absolute atomic E-state index is 13.1. The zero-order chi connectivity index (χ0) is 21.6. The van der Waals surface area contributed by atoms with Crippen molar-refractivity contribution in [2.24, 2.45) is 0 Å². The van der Waals surface area contributed by atoms with Gasteiger partial charge in [-0.2, -0.15) is 0 Å². The maximum Gasteiger partial charge on any atom is 0.251 e. The maximum atomic E-state index is 13.1. The summed E-state index contributed by atoms with van der Waals surface area (Å²) >= 11 is 1.62. The molecule has 2 aromatic carbocycles. The Balaban J connectivity index is 1.27. The van der Waals surface area contributed by atoms with Gasteiger partial charge in [0.05, 0.1) is 0 Å². The first kappa shape index (κ1) is 21.8. The van der Waals surface area contributed by atoms with Gasteiger partial charge < -0.3 is 15.5 Å². The number of amides is 2. The molecule has 3 atom stereocenters. The van der Waals surface area contributed by atoms with Crippen molar-refractivity contribution in [3.05, 3.63) is 71.5 Å². The fourth-order valence-electron chi connectivity index (χ4n) is 4.01. The summed E-state index contributed by atoms with van der Waals surface area (Å²) in [6.07, 6.45) is 3.07. The molecule has 1 heterocycles. The molecule has 0 bridgehead atoms. The minimum absolute atomic E-state index is 0.00453. The van der Waals surface area contributed by atoms with Crippen molar-refractivity contribution >= 4 is 23.6 Å². The Morgan fingerprint density at radius 3 is 2.48 bits per heavy atom. The molecule has 1 aliphatic heterocycles. The van der Waals surface area contributed by atoms with Gasteiger partial charge in [0.2, 0.25) is 5.91 Å². The van der Waals surface area contributed by atoms with Crippen LogP contribution in [0.1, 0.15) is 41.1 Å². The lowest BCUT2D eigenvalue weighted by molar-refractivity contribution is -0.131. The van der Waals surface area contributed by atoms with Gasteiger partial charge in [0.25, 0.3) is 5.91 Å². The third-order valence-electron chi connectivity index (χ3n) is 5.88. The monoisotopic (exact) mass is 441 g/mol. The number of rotatable bonds is 9. The lowest BCUT2D eigenvalue weighted by Gasteiger charge is -2.24. The summed E-state index contributed by atoms with van der Waals surface area (Å²) in [5, 5.41) is 6.44. The first-order valence-electron chi connectivity index (χ1n) is 10.8. The molecule has 4 rings (SSSR count). The molecule has 0 aromatic heterocycles. The molecule has 1 saturated carbocycles. The van der Waals surface area contributed by atoms with E-state index in [0.717, 1.165) is 37.9 Å². The number of carbonyl (C=O) groups excluding carboxylic acids is 2. The molecule has 164 valence electrons. The van der Waals surface area contributed by atoms with Crippen LogP contribution in [0, 0.1) is 5.82 Å². The van der Waals surface area contributed by atoms with Gasteiger partial charge in [0, 0.05) is 42.2 Å². The highest BCUT2D eigenvalue weighted by molar-refractivity contribution is 7.99. The van der Waals surface area contributed by atoms with Crippen LogP contribution in [0.3, 0.4) is 0 Å². The number of nitrogens with zero attached hydrogens (tertiary/aromatic N) is 1. The van der Waals surface area contributed by atoms with Crippen LogP contribution in [-0.4, -0.2) is 53.5 Å². The van der Waals surface area contributed by atoms with Gasteiger partial charge in [-0.1, -0.05) is 30.3 Å². The van der Waals surface area contributed by atoms with Crippen molar-refractivity contribution in [2.45, 2.75) is 37.3 Å². The van der Waals surface area contributed by atoms with Crippen LogP contribution in [0.5, 0.6) is 0 Å². The van der Waals surface area contributed by atoms with Crippen molar-refractivity contribution in [1.82, 2.24) is 15.5 Å². The first-order valence-corrected chi connectivity index (χ1v) is 12.0. The molecule has 2 amide bonds. The SMILES string of the molecule is O=C(N[C@@H](CSCN[C@@H]1C[C@H]1c1ccc(F)cc1)C(=O)N1CCCC1)c1ccccc1. The van der Waals surface area contributed by atoms with E-state index in [1.165, 1.54) is 12.1 Å². The third kappa shape index (κ3) is 5.86. The van der Waals surface area contributed by atoms with Gasteiger partial charge >= 0.3 is 0 Å². The lowest BCUT2D eigenvalue weighted by atomic mass is 10.1. The highest BCUT2D eigenvalue weighted by Gasteiger charge is 2.37. The summed E-state index contributed by atoms with van der Waals surface area (Å²) < 4.78 is 13.1. The van der Waals surface area contributed by atoms with E-state index in [-0.39, 0.29) is 17.6 Å². The Labute approximate surface area is 186 Å². The van der Waals surface area contributed by atoms with E-state index in [1.54, 1.807) is 23.9 Å². The molecule has 7 heteroatoms. The smallest absolute Gasteiger partial charge is 0.251 e. The van der Waals surface area contributed by atoms with Gasteiger partial charge in [-0.05, 0) is 49.1 Å². The second-order valence-electron chi connectivity index (χ2n) is 8.14. The molecule has 2 aromatic rings. The summed E-state index contributed by atoms with van der Waals surface area (Å²) in [6, 6.07) is 15.5. The van der Waals surface area contributed by atoms with Gasteiger partial charge in [-0.15, -0.1) is 11.8 Å². The van der Waals surface area contributed by atoms with Crippen LogP contribution in [0.25, 0.3) is 0 Å². The van der Waals surface area contributed by atoms with Crippen LogP contribution in [-0.2, 0) is 4.79 Å². The Kier molecular flexibility index (Phi) is 7.25. The van der Waals surface area contributed by atoms with Gasteiger partial charge in [-0.25, -0.2) is 4.39 Å². The molecule has 2 N–H and O–H groups in total. The lowest BCUT2D eigenvalue weighted by Crippen LogP contribution is -2.49. The second kappa shape index (κ2) is 10.3. The summed E-state index contributed by atoms with van der Waals surface area (Å²) in [7, 11) is 0. The fraction of sp³-hybridized carbons (Fsp3) is 0.417. The standard InChI is InChI=1S/C24H28FN3O2S/c25-19-10-8-17(9-11-19)20-14-21(20)26-16-31-15-22(24(30)28-12-4-5-13-28)27-23(29)18-6-2-1-3-7-18/h1-3,6-11,20-22,26H,4-5,12-16H2,(H,27,29)/t20-,21+,22-/m0/s1. The summed E-state index contributed by atoms with van der Waals surface area (Å²) in [4.78, 5) is 27.4. The Morgan fingerprint density at radius 2 is 1.77 bits per heavy atom. The molecule has 0 radical (unpaired) electrons. The molecule has 0 unspecified atom stereocenters. The number of carbonyl (C=O) groups is 2. The van der Waals surface area contributed by atoms with Crippen molar-refractivity contribution in [3.63, 3.8) is 0 Å². The largest absolute Gasteiger partial charge is 0.341 e. The average molecular weight is 442 g/mol. The van der Waals surface area contributed by atoms with Gasteiger partial charge in [-0.3, -0.25) is 9.59 Å². The predicted molar refractivity (Wildman–Crippen MR) is 122 cm³/mol. The fourth-order valence-corrected chi connectivity index (χ4v) is 4.92. The predicted octanol–water partition coefficient (Wildman–Crippen LogP) is 3.38. The van der Waals surface area contributed by atoms with Crippen LogP contribution >= 0.6 is 11.8 Å². The van der Waals surface area contributed by atoms with Gasteiger partial charge in [0.1, 0.15) is 11.9 Å². The summed E-state index contributed by atoms with van der Waals surface area (Å²) in [5.41, 5.74) is 1.71. The average Bonchev–Trinajstić information content (AvgIpc) is 3.35. The molecule has 1 aliphatic carbocycles. The number of nitrogens with one attached hydrogen (secondary N) is 2. The van der Waals surface area contributed by atoms with Crippen LogP contribution in [0.15, 0.2) is 54.6 Å². The molecule has 1 saturated heterocycles. The number of hydrogen-bond donors (Lipinski definition) is 2. The second-order valence-corrected chi connectivity index (χ2v) is 9.17. The third-order valence-corrected chi connectivity index (χ3v) is 6.82. The number of hydrogen-bond acceptors (Lipinski definition) is 4. The molecule has 2 aliphatic rings. The van der Waals surface area contributed by atoms with Crippen LogP contribution < -0.4 is 10.6 Å². The van der Waals surface area contributed by atoms with E-state index in [2.05, 4.69) is 10.6 Å². The number of benzene rings is 2. The van der Waals surface area contributed by atoms with E-state index in [1.807, 2.05) is 35.2 Å². The molecule has 5 nitrogen and oxygen atoms in total. The molecular formula is C24H28FN3O2S. The van der Waals surface area contributed by atoms with E-state index >= 15 is 0 Å². The van der Waals surface area contributed by atoms with Crippen molar-refractivity contribution in [2.75, 3.05) is 24.7 Å². The van der Waals surface area contributed by atoms with E-state index < -0.39 is 6.04 Å². The van der Waals surface area contributed by atoms with Crippen molar-refractivity contribution in [1.29, 1.82) is 0 Å². The Hall–Kier alpha value is -2.38. The zero-order valence-corrected chi connectivity index (χ0v) is 18.2. The molecular weight excluding hydrogens is 413 g/mol. The van der Waals surface area contributed by atoms with Crippen molar-refractivity contribution in [3.8, 4) is 0 Å². The zero-order valence-electron chi connectivity index (χ0n) is 17.4. The molecule has 31 heavy (non-hydrogen) atoms. The normalized spacial score (nSPS) is 21.0. The summed E-state index contributed by atoms with van der Waals surface area (Å²) in [6.45, 7) is 1.53. The highest BCUT2D eigenvalue weighted by Crippen LogP contribution is 2.40.